The molecule has 5 aromatic carbocycles. The number of fused-ring (bicyclic) bond motifs is 5. The van der Waals surface area contributed by atoms with Crippen LogP contribution in [-0.2, 0) is 5.41 Å². The average Bonchev–Trinajstić information content (AvgIpc) is 2.99. The van der Waals surface area contributed by atoms with Gasteiger partial charge in [-0.2, -0.15) is 0 Å². The van der Waals surface area contributed by atoms with Crippen LogP contribution in [0.25, 0.3) is 43.8 Å². The third-order valence-corrected chi connectivity index (χ3v) is 6.53. The van der Waals surface area contributed by atoms with Crippen molar-refractivity contribution in [1.82, 2.24) is 0 Å². The van der Waals surface area contributed by atoms with Crippen molar-refractivity contribution in [2.45, 2.75) is 19.3 Å². The Hall–Kier alpha value is -3.38. The molecular weight excluding hydrogens is 348 g/mol. The van der Waals surface area contributed by atoms with Crippen LogP contribution in [0.15, 0.2) is 91.0 Å². The predicted octanol–water partition coefficient (Wildman–Crippen LogP) is 7.77. The molecule has 0 spiro atoms. The smallest absolute Gasteiger partial charge is 0.0159 e. The predicted molar refractivity (Wildman–Crippen MR) is 123 cm³/mol. The van der Waals surface area contributed by atoms with Crippen LogP contribution in [0, 0.1) is 6.07 Å². The Bertz CT molecular complexity index is 1370. The van der Waals surface area contributed by atoms with Gasteiger partial charge in [-0.05, 0) is 67.1 Å². The molecule has 0 saturated carbocycles. The molecule has 0 aromatic heterocycles. The molecule has 1 radical (unpaired) electrons. The molecule has 0 bridgehead atoms. The molecule has 5 aromatic rings. The van der Waals surface area contributed by atoms with Gasteiger partial charge in [0.25, 0.3) is 0 Å². The third kappa shape index (κ3) is 2.26. The van der Waals surface area contributed by atoms with Crippen LogP contribution in [0.2, 0.25) is 0 Å². The molecule has 0 heteroatoms. The number of hydrogen-bond donors (Lipinski definition) is 0. The summed E-state index contributed by atoms with van der Waals surface area (Å²) in [6.07, 6.45) is 0. The lowest BCUT2D eigenvalue weighted by atomic mass is 9.81. The van der Waals surface area contributed by atoms with E-state index in [9.17, 15) is 0 Å². The van der Waals surface area contributed by atoms with Crippen LogP contribution in [0.4, 0.5) is 0 Å². The minimum absolute atomic E-state index is 0.00838. The van der Waals surface area contributed by atoms with E-state index in [1.54, 1.807) is 0 Å². The van der Waals surface area contributed by atoms with E-state index in [1.807, 2.05) is 0 Å². The standard InChI is InChI=1S/C29H21/c1-29(2)26-14-8-7-13-24(26)25-16-15-21(18-27(25)29)28-22-11-5-3-9-19(22)17-20-10-4-6-12-23(20)28/h3-16,18H,1-2H3. The second kappa shape index (κ2) is 5.81. The lowest BCUT2D eigenvalue weighted by Gasteiger charge is -2.22. The van der Waals surface area contributed by atoms with Crippen LogP contribution in [-0.4, -0.2) is 0 Å². The summed E-state index contributed by atoms with van der Waals surface area (Å²) in [6, 6.07) is 36.7. The second-order valence-electron chi connectivity index (χ2n) is 8.52. The first-order valence-electron chi connectivity index (χ1n) is 10.2. The first-order chi connectivity index (χ1) is 14.1. The van der Waals surface area contributed by atoms with Crippen molar-refractivity contribution >= 4 is 21.5 Å². The van der Waals surface area contributed by atoms with Gasteiger partial charge in [0.05, 0.1) is 0 Å². The van der Waals surface area contributed by atoms with Gasteiger partial charge in [-0.15, -0.1) is 0 Å². The topological polar surface area (TPSA) is 0 Å². The fourth-order valence-corrected chi connectivity index (χ4v) is 5.08. The SMILES string of the molecule is CC1(C)c2ccccc2-c2ccc(-c3c4ccccc4[c]c4ccccc34)cc21. The molecule has 0 nitrogen and oxygen atoms in total. The highest BCUT2D eigenvalue weighted by Crippen LogP contribution is 2.50. The highest BCUT2D eigenvalue weighted by Gasteiger charge is 2.35. The van der Waals surface area contributed by atoms with E-state index in [0.717, 1.165) is 0 Å². The van der Waals surface area contributed by atoms with Crippen molar-refractivity contribution in [2.24, 2.45) is 0 Å². The van der Waals surface area contributed by atoms with Gasteiger partial charge >= 0.3 is 0 Å². The van der Waals surface area contributed by atoms with E-state index in [-0.39, 0.29) is 5.41 Å². The zero-order valence-corrected chi connectivity index (χ0v) is 16.7. The van der Waals surface area contributed by atoms with Gasteiger partial charge in [0.1, 0.15) is 0 Å². The quantitative estimate of drug-likeness (QED) is 0.265. The molecule has 0 unspecified atom stereocenters. The van der Waals surface area contributed by atoms with E-state index < -0.39 is 0 Å². The molecule has 0 saturated heterocycles. The van der Waals surface area contributed by atoms with Crippen LogP contribution < -0.4 is 0 Å². The Morgan fingerprint density at radius 2 is 1.17 bits per heavy atom. The van der Waals surface area contributed by atoms with Gasteiger partial charge in [-0.3, -0.25) is 0 Å². The number of benzene rings is 5. The van der Waals surface area contributed by atoms with E-state index in [2.05, 4.69) is 111 Å². The first-order valence-corrected chi connectivity index (χ1v) is 10.2. The monoisotopic (exact) mass is 369 g/mol. The Kier molecular flexibility index (Phi) is 3.32. The van der Waals surface area contributed by atoms with E-state index in [4.69, 9.17) is 0 Å². The zero-order valence-electron chi connectivity index (χ0n) is 16.7. The summed E-state index contributed by atoms with van der Waals surface area (Å²) in [5, 5.41) is 4.87. The van der Waals surface area contributed by atoms with Crippen LogP contribution in [0.5, 0.6) is 0 Å². The maximum Gasteiger partial charge on any atom is 0.0159 e. The van der Waals surface area contributed by atoms with Gasteiger partial charge in [-0.25, -0.2) is 0 Å². The van der Waals surface area contributed by atoms with Crippen LogP contribution in [0.1, 0.15) is 25.0 Å². The summed E-state index contributed by atoms with van der Waals surface area (Å²) in [6.45, 7) is 4.69. The van der Waals surface area contributed by atoms with Gasteiger partial charge < -0.3 is 0 Å². The Balaban J connectivity index is 1.69. The lowest BCUT2D eigenvalue weighted by molar-refractivity contribution is 0.660. The van der Waals surface area contributed by atoms with E-state index in [0.29, 0.717) is 0 Å². The van der Waals surface area contributed by atoms with Crippen molar-refractivity contribution in [2.75, 3.05) is 0 Å². The normalized spacial score (nSPS) is 14.1. The second-order valence-corrected chi connectivity index (χ2v) is 8.52. The summed E-state index contributed by atoms with van der Waals surface area (Å²) in [5.41, 5.74) is 8.17. The molecule has 1 aliphatic carbocycles. The molecule has 0 heterocycles. The fraction of sp³-hybridized carbons (Fsp3) is 0.103. The Morgan fingerprint density at radius 3 is 1.90 bits per heavy atom. The lowest BCUT2D eigenvalue weighted by Crippen LogP contribution is -2.14. The molecule has 0 N–H and O–H groups in total. The minimum atomic E-state index is 0.00838. The molecule has 29 heavy (non-hydrogen) atoms. The van der Waals surface area contributed by atoms with Gasteiger partial charge in [0.2, 0.25) is 0 Å². The maximum atomic E-state index is 3.60. The molecule has 0 aliphatic heterocycles. The average molecular weight is 369 g/mol. The molecule has 0 fully saturated rings. The van der Waals surface area contributed by atoms with Crippen LogP contribution in [0.3, 0.4) is 0 Å². The van der Waals surface area contributed by atoms with Crippen LogP contribution >= 0.6 is 0 Å². The third-order valence-electron chi connectivity index (χ3n) is 6.53. The van der Waals surface area contributed by atoms with Crippen molar-refractivity contribution < 1.29 is 0 Å². The molecule has 1 aliphatic rings. The van der Waals surface area contributed by atoms with Crippen molar-refractivity contribution in [1.29, 1.82) is 0 Å². The molecule has 0 atom stereocenters. The maximum absolute atomic E-state index is 3.60. The largest absolute Gasteiger partial charge is 0.0619 e. The summed E-state index contributed by atoms with van der Waals surface area (Å²) in [4.78, 5) is 0. The summed E-state index contributed by atoms with van der Waals surface area (Å²) < 4.78 is 0. The van der Waals surface area contributed by atoms with Crippen molar-refractivity contribution in [3.8, 4) is 22.3 Å². The van der Waals surface area contributed by atoms with Crippen molar-refractivity contribution in [3.05, 3.63) is 108 Å². The summed E-state index contributed by atoms with van der Waals surface area (Å²) >= 11 is 0. The van der Waals surface area contributed by atoms with Gasteiger partial charge in [-0.1, -0.05) is 98.8 Å². The van der Waals surface area contributed by atoms with E-state index >= 15 is 0 Å². The van der Waals surface area contributed by atoms with Crippen molar-refractivity contribution in [3.63, 3.8) is 0 Å². The van der Waals surface area contributed by atoms with E-state index in [1.165, 1.54) is 54.9 Å². The molecule has 0 amide bonds. The Labute approximate surface area is 171 Å². The highest BCUT2D eigenvalue weighted by atomic mass is 14.4. The molecular formula is C29H21. The van der Waals surface area contributed by atoms with Gasteiger partial charge in [0.15, 0.2) is 0 Å². The first kappa shape index (κ1) is 16.6. The highest BCUT2D eigenvalue weighted by molar-refractivity contribution is 6.12. The minimum Gasteiger partial charge on any atom is -0.0619 e. The summed E-state index contributed by atoms with van der Waals surface area (Å²) in [5.74, 6) is 0. The zero-order chi connectivity index (χ0) is 19.6. The number of rotatable bonds is 1. The molecule has 6 rings (SSSR count). The number of hydrogen-bond acceptors (Lipinski definition) is 0. The fourth-order valence-electron chi connectivity index (χ4n) is 5.08. The van der Waals surface area contributed by atoms with Gasteiger partial charge in [0, 0.05) is 5.41 Å². The Morgan fingerprint density at radius 1 is 0.586 bits per heavy atom. The molecule has 137 valence electrons. The summed E-state index contributed by atoms with van der Waals surface area (Å²) in [7, 11) is 0.